The molecular formula is C34H43NO4. The van der Waals surface area contributed by atoms with Gasteiger partial charge in [-0.2, -0.15) is 0 Å². The van der Waals surface area contributed by atoms with Crippen molar-refractivity contribution in [1.29, 1.82) is 0 Å². The summed E-state index contributed by atoms with van der Waals surface area (Å²) in [6.07, 6.45) is 6.73. The highest BCUT2D eigenvalue weighted by molar-refractivity contribution is 5.94. The number of aliphatic hydroxyl groups is 2. The summed E-state index contributed by atoms with van der Waals surface area (Å²) >= 11 is 0. The number of ether oxygens (including phenoxy) is 1. The van der Waals surface area contributed by atoms with Gasteiger partial charge in [-0.15, -0.1) is 11.8 Å². The second kappa shape index (κ2) is 14.4. The molecule has 5 nitrogen and oxygen atoms in total. The van der Waals surface area contributed by atoms with E-state index in [-0.39, 0.29) is 18.4 Å². The maximum atomic E-state index is 13.2. The number of allylic oxidation sites excluding steroid dienone is 1. The van der Waals surface area contributed by atoms with Gasteiger partial charge < -0.3 is 19.8 Å². The van der Waals surface area contributed by atoms with Crippen molar-refractivity contribution in [2.45, 2.75) is 65.0 Å². The summed E-state index contributed by atoms with van der Waals surface area (Å²) in [5, 5.41) is 21.5. The number of amides is 1. The summed E-state index contributed by atoms with van der Waals surface area (Å²) in [4.78, 5) is 14.9. The molecule has 4 rings (SSSR count). The zero-order chi connectivity index (χ0) is 27.6. The molecule has 2 aromatic rings. The van der Waals surface area contributed by atoms with E-state index in [1.54, 1.807) is 4.90 Å². The van der Waals surface area contributed by atoms with Gasteiger partial charge in [0.05, 0.1) is 18.4 Å². The fourth-order valence-electron chi connectivity index (χ4n) is 6.38. The van der Waals surface area contributed by atoms with Crippen LogP contribution in [0.3, 0.4) is 0 Å². The normalized spacial score (nSPS) is 25.0. The molecule has 6 atom stereocenters. The van der Waals surface area contributed by atoms with E-state index in [2.05, 4.69) is 18.8 Å². The predicted molar refractivity (Wildman–Crippen MR) is 156 cm³/mol. The highest BCUT2D eigenvalue weighted by Gasteiger charge is 2.49. The van der Waals surface area contributed by atoms with Crippen molar-refractivity contribution in [3.05, 3.63) is 78.1 Å². The van der Waals surface area contributed by atoms with Crippen LogP contribution < -0.4 is 4.90 Å². The average Bonchev–Trinajstić information content (AvgIpc) is 3.48. The monoisotopic (exact) mass is 529 g/mol. The van der Waals surface area contributed by atoms with Crippen LogP contribution in [0.15, 0.2) is 72.5 Å². The van der Waals surface area contributed by atoms with Gasteiger partial charge in [0.15, 0.2) is 0 Å². The molecule has 5 heteroatoms. The van der Waals surface area contributed by atoms with Crippen molar-refractivity contribution in [1.82, 2.24) is 0 Å². The predicted octanol–water partition coefficient (Wildman–Crippen LogP) is 6.53. The molecule has 0 aromatic heterocycles. The fourth-order valence-corrected chi connectivity index (χ4v) is 6.38. The van der Waals surface area contributed by atoms with Gasteiger partial charge in [0.25, 0.3) is 5.91 Å². The number of rotatable bonds is 12. The average molecular weight is 530 g/mol. The molecular weight excluding hydrogens is 486 g/mol. The fraction of sp³-hybridized carbons (Fsp3) is 0.500. The van der Waals surface area contributed by atoms with Crippen LogP contribution in [0, 0.1) is 41.4 Å². The number of aliphatic hydroxyl groups excluding tert-OH is 2. The standard InChI is InChI=1S/C34H43NO4/c1-3-4-11-25(2)16-17-31(36)34-30-21-27(20-28(30)22-32(34)37)18-19-39-24-33(38)35(29-14-9-6-10-15-29)23-26-12-7-5-8-13-26/h5-10,12-15,17,25,27-28,30,32,34,36-37H,11,16,18-24H2,1-2H3/t25?,27-,28-,30-,32-,34+/m1/s1. The second-order valence-electron chi connectivity index (χ2n) is 11.3. The maximum absolute atomic E-state index is 13.2. The molecule has 2 fully saturated rings. The highest BCUT2D eigenvalue weighted by atomic mass is 16.5. The lowest BCUT2D eigenvalue weighted by atomic mass is 9.87. The second-order valence-corrected chi connectivity index (χ2v) is 11.3. The summed E-state index contributed by atoms with van der Waals surface area (Å²) in [5.74, 6) is 7.80. The number of benzene rings is 2. The zero-order valence-corrected chi connectivity index (χ0v) is 23.3. The number of hydrogen-bond donors (Lipinski definition) is 2. The third-order valence-electron chi connectivity index (χ3n) is 8.41. The number of nitrogens with zero attached hydrogens (tertiary/aromatic N) is 1. The lowest BCUT2D eigenvalue weighted by molar-refractivity contribution is -0.123. The van der Waals surface area contributed by atoms with Gasteiger partial charge in [-0.05, 0) is 86.5 Å². The van der Waals surface area contributed by atoms with Crippen LogP contribution in [0.4, 0.5) is 5.69 Å². The molecule has 0 aliphatic heterocycles. The molecule has 2 N–H and O–H groups in total. The Balaban J connectivity index is 1.25. The van der Waals surface area contributed by atoms with Crippen LogP contribution >= 0.6 is 0 Å². The van der Waals surface area contributed by atoms with Crippen molar-refractivity contribution in [3.8, 4) is 11.8 Å². The Bertz CT molecular complexity index is 1140. The molecule has 0 bridgehead atoms. The van der Waals surface area contributed by atoms with Gasteiger partial charge in [-0.25, -0.2) is 0 Å². The van der Waals surface area contributed by atoms with Crippen LogP contribution in [0.1, 0.15) is 57.9 Å². The third kappa shape index (κ3) is 7.97. The molecule has 2 aliphatic rings. The Morgan fingerprint density at radius 3 is 2.54 bits per heavy atom. The lowest BCUT2D eigenvalue weighted by Gasteiger charge is -2.23. The van der Waals surface area contributed by atoms with Gasteiger partial charge in [-0.3, -0.25) is 4.79 Å². The van der Waals surface area contributed by atoms with E-state index in [4.69, 9.17) is 4.74 Å². The van der Waals surface area contributed by atoms with E-state index in [9.17, 15) is 15.0 Å². The number of fused-ring (bicyclic) bond motifs is 1. The van der Waals surface area contributed by atoms with Crippen LogP contribution in [-0.2, 0) is 16.1 Å². The van der Waals surface area contributed by atoms with Crippen LogP contribution in [0.2, 0.25) is 0 Å². The van der Waals surface area contributed by atoms with Gasteiger partial charge in [-0.1, -0.05) is 55.5 Å². The Morgan fingerprint density at radius 1 is 1.10 bits per heavy atom. The Hall–Kier alpha value is -3.07. The van der Waals surface area contributed by atoms with E-state index in [1.807, 2.05) is 73.7 Å². The molecule has 2 aromatic carbocycles. The number of carbonyl (C=O) groups excluding carboxylic acids is 1. The van der Waals surface area contributed by atoms with E-state index in [0.29, 0.717) is 42.6 Å². The molecule has 0 heterocycles. The summed E-state index contributed by atoms with van der Waals surface area (Å²) < 4.78 is 5.90. The first kappa shape index (κ1) is 28.9. The molecule has 2 saturated carbocycles. The molecule has 1 amide bonds. The van der Waals surface area contributed by atoms with Gasteiger partial charge >= 0.3 is 0 Å². The Kier molecular flexibility index (Phi) is 10.6. The van der Waals surface area contributed by atoms with E-state index in [0.717, 1.165) is 49.8 Å². The van der Waals surface area contributed by atoms with Crippen molar-refractivity contribution in [2.24, 2.45) is 29.6 Å². The summed E-state index contributed by atoms with van der Waals surface area (Å²) in [6, 6.07) is 19.7. The number of para-hydroxylation sites is 1. The molecule has 208 valence electrons. The maximum Gasteiger partial charge on any atom is 0.253 e. The summed E-state index contributed by atoms with van der Waals surface area (Å²) in [5.41, 5.74) is 1.94. The molecule has 2 aliphatic carbocycles. The SMILES string of the molecule is CC#CCC(C)CC=C(O)[C@@H]1[C@@H]2C[C@H](CCOCC(=O)N(Cc3ccccc3)c3ccccc3)C[C@@H]2C[C@H]1O. The minimum absolute atomic E-state index is 0.0484. The number of carbonyl (C=O) groups is 1. The van der Waals surface area contributed by atoms with Crippen molar-refractivity contribution >= 4 is 11.6 Å². The van der Waals surface area contributed by atoms with E-state index in [1.165, 1.54) is 0 Å². The minimum Gasteiger partial charge on any atom is -0.512 e. The van der Waals surface area contributed by atoms with Crippen molar-refractivity contribution < 1.29 is 19.7 Å². The molecule has 0 spiro atoms. The van der Waals surface area contributed by atoms with Crippen molar-refractivity contribution in [2.75, 3.05) is 18.1 Å². The number of anilines is 1. The first-order valence-electron chi connectivity index (χ1n) is 14.4. The summed E-state index contributed by atoms with van der Waals surface area (Å²) in [7, 11) is 0. The van der Waals surface area contributed by atoms with Crippen LogP contribution in [-0.4, -0.2) is 35.4 Å². The van der Waals surface area contributed by atoms with Gasteiger partial charge in [0.2, 0.25) is 0 Å². The first-order valence-corrected chi connectivity index (χ1v) is 14.4. The molecule has 39 heavy (non-hydrogen) atoms. The molecule has 0 saturated heterocycles. The number of hydrogen-bond acceptors (Lipinski definition) is 4. The van der Waals surface area contributed by atoms with E-state index < -0.39 is 6.10 Å². The van der Waals surface area contributed by atoms with E-state index >= 15 is 0 Å². The third-order valence-corrected chi connectivity index (χ3v) is 8.41. The van der Waals surface area contributed by atoms with Gasteiger partial charge in [0, 0.05) is 24.6 Å². The Morgan fingerprint density at radius 2 is 1.82 bits per heavy atom. The van der Waals surface area contributed by atoms with Gasteiger partial charge in [0.1, 0.15) is 6.61 Å². The minimum atomic E-state index is -0.467. The van der Waals surface area contributed by atoms with Crippen LogP contribution in [0.5, 0.6) is 0 Å². The zero-order valence-electron chi connectivity index (χ0n) is 23.3. The topological polar surface area (TPSA) is 70.0 Å². The molecule has 1 unspecified atom stereocenters. The molecule has 0 radical (unpaired) electrons. The van der Waals surface area contributed by atoms with Crippen molar-refractivity contribution in [3.63, 3.8) is 0 Å². The quantitative estimate of drug-likeness (QED) is 0.186. The Labute approximate surface area is 233 Å². The lowest BCUT2D eigenvalue weighted by Crippen LogP contribution is -2.33. The smallest absolute Gasteiger partial charge is 0.253 e. The highest BCUT2D eigenvalue weighted by Crippen LogP contribution is 2.52. The summed E-state index contributed by atoms with van der Waals surface area (Å²) in [6.45, 7) is 5.07. The largest absolute Gasteiger partial charge is 0.512 e. The van der Waals surface area contributed by atoms with Crippen LogP contribution in [0.25, 0.3) is 0 Å². The first-order chi connectivity index (χ1) is 19.0.